The highest BCUT2D eigenvalue weighted by molar-refractivity contribution is 6.29. The summed E-state index contributed by atoms with van der Waals surface area (Å²) >= 11 is 5.88. The Balaban J connectivity index is 2.75. The van der Waals surface area contributed by atoms with Crippen LogP contribution in [0.1, 0.15) is 16.1 Å². The average molecular weight is 309 g/mol. The van der Waals surface area contributed by atoms with Gasteiger partial charge in [-0.1, -0.05) is 11.6 Å². The molecule has 0 atom stereocenters. The Hall–Kier alpha value is -2.18. The van der Waals surface area contributed by atoms with Crippen molar-refractivity contribution in [2.75, 3.05) is 14.2 Å². The summed E-state index contributed by atoms with van der Waals surface area (Å²) in [5.74, 6) is -0.758. The van der Waals surface area contributed by atoms with Crippen molar-refractivity contribution < 1.29 is 19.4 Å². The van der Waals surface area contributed by atoms with Crippen LogP contribution in [-0.2, 0) is 11.3 Å². The predicted octanol–water partition coefficient (Wildman–Crippen LogP) is 2.65. The lowest BCUT2D eigenvalue weighted by Gasteiger charge is -2.15. The van der Waals surface area contributed by atoms with Crippen molar-refractivity contribution >= 4 is 17.6 Å². The first-order valence-electron chi connectivity index (χ1n) is 5.98. The van der Waals surface area contributed by atoms with Crippen molar-refractivity contribution in [3.8, 4) is 16.9 Å². The summed E-state index contributed by atoms with van der Waals surface area (Å²) < 4.78 is 10.4. The third kappa shape index (κ3) is 3.12. The van der Waals surface area contributed by atoms with Gasteiger partial charge in [-0.15, -0.1) is 0 Å². The SMILES string of the molecule is COCc1ncc(C(=O)O)c(-c2ccnc(Cl)c2)c1OC. The molecule has 0 radical (unpaired) electrons. The molecule has 0 saturated carbocycles. The molecular formula is C14H13ClN2O4. The molecule has 7 heteroatoms. The van der Waals surface area contributed by atoms with Crippen molar-refractivity contribution in [1.29, 1.82) is 0 Å². The summed E-state index contributed by atoms with van der Waals surface area (Å²) in [6, 6.07) is 3.23. The second-order valence-corrected chi connectivity index (χ2v) is 4.52. The van der Waals surface area contributed by atoms with E-state index >= 15 is 0 Å². The first-order valence-corrected chi connectivity index (χ1v) is 6.36. The average Bonchev–Trinajstić information content (AvgIpc) is 2.46. The third-order valence-corrected chi connectivity index (χ3v) is 3.05. The second kappa shape index (κ2) is 6.51. The normalized spacial score (nSPS) is 10.4. The quantitative estimate of drug-likeness (QED) is 0.855. The predicted molar refractivity (Wildman–Crippen MR) is 76.7 cm³/mol. The number of halogens is 1. The summed E-state index contributed by atoms with van der Waals surface area (Å²) in [5.41, 5.74) is 1.52. The molecule has 2 aromatic rings. The minimum absolute atomic E-state index is 0.0222. The number of rotatable bonds is 5. The number of methoxy groups -OCH3 is 2. The Morgan fingerprint density at radius 1 is 1.38 bits per heavy atom. The molecule has 0 unspecified atom stereocenters. The van der Waals surface area contributed by atoms with Gasteiger partial charge in [0.25, 0.3) is 0 Å². The van der Waals surface area contributed by atoms with Gasteiger partial charge in [0.2, 0.25) is 0 Å². The molecule has 0 saturated heterocycles. The van der Waals surface area contributed by atoms with Gasteiger partial charge < -0.3 is 14.6 Å². The zero-order valence-corrected chi connectivity index (χ0v) is 12.2. The molecule has 0 amide bonds. The highest BCUT2D eigenvalue weighted by atomic mass is 35.5. The second-order valence-electron chi connectivity index (χ2n) is 4.13. The number of carboxylic acids is 1. The van der Waals surface area contributed by atoms with Gasteiger partial charge in [-0.05, 0) is 17.7 Å². The zero-order valence-electron chi connectivity index (χ0n) is 11.5. The molecule has 110 valence electrons. The van der Waals surface area contributed by atoms with Gasteiger partial charge in [-0.2, -0.15) is 0 Å². The van der Waals surface area contributed by atoms with E-state index in [1.165, 1.54) is 26.6 Å². The maximum Gasteiger partial charge on any atom is 0.338 e. The van der Waals surface area contributed by atoms with E-state index in [-0.39, 0.29) is 17.3 Å². The van der Waals surface area contributed by atoms with Crippen LogP contribution in [0.4, 0.5) is 0 Å². The van der Waals surface area contributed by atoms with E-state index in [9.17, 15) is 9.90 Å². The van der Waals surface area contributed by atoms with E-state index in [0.717, 1.165) is 0 Å². The van der Waals surface area contributed by atoms with Crippen LogP contribution in [0.15, 0.2) is 24.5 Å². The van der Waals surface area contributed by atoms with E-state index in [1.54, 1.807) is 12.1 Å². The highest BCUT2D eigenvalue weighted by Crippen LogP contribution is 2.36. The lowest BCUT2D eigenvalue weighted by atomic mass is 10.00. The molecule has 6 nitrogen and oxygen atoms in total. The van der Waals surface area contributed by atoms with Crippen LogP contribution in [0.25, 0.3) is 11.1 Å². The van der Waals surface area contributed by atoms with Crippen molar-refractivity contribution in [2.24, 2.45) is 0 Å². The van der Waals surface area contributed by atoms with Crippen LogP contribution in [0.5, 0.6) is 5.75 Å². The summed E-state index contributed by atoms with van der Waals surface area (Å²) in [5, 5.41) is 9.62. The first kappa shape index (κ1) is 15.2. The number of pyridine rings is 2. The number of hydrogen-bond acceptors (Lipinski definition) is 5. The highest BCUT2D eigenvalue weighted by Gasteiger charge is 2.21. The molecule has 0 aliphatic heterocycles. The zero-order chi connectivity index (χ0) is 15.4. The summed E-state index contributed by atoms with van der Waals surface area (Å²) in [7, 11) is 2.98. The topological polar surface area (TPSA) is 81.5 Å². The minimum atomic E-state index is -1.10. The van der Waals surface area contributed by atoms with E-state index in [1.807, 2.05) is 0 Å². The fourth-order valence-electron chi connectivity index (χ4n) is 2.00. The molecule has 21 heavy (non-hydrogen) atoms. The third-order valence-electron chi connectivity index (χ3n) is 2.84. The van der Waals surface area contributed by atoms with E-state index in [2.05, 4.69) is 9.97 Å². The van der Waals surface area contributed by atoms with E-state index in [4.69, 9.17) is 21.1 Å². The van der Waals surface area contributed by atoms with Gasteiger partial charge >= 0.3 is 5.97 Å². The molecule has 1 N–H and O–H groups in total. The first-order chi connectivity index (χ1) is 10.1. The fraction of sp³-hybridized carbons (Fsp3) is 0.214. The number of ether oxygens (including phenoxy) is 2. The standard InChI is InChI=1S/C14H13ClN2O4/c1-20-7-10-13(21-2)12(9(6-17-10)14(18)19)8-3-4-16-11(15)5-8/h3-6H,7H2,1-2H3,(H,18,19). The lowest BCUT2D eigenvalue weighted by molar-refractivity contribution is 0.0696. The van der Waals surface area contributed by atoms with Crippen LogP contribution in [0.2, 0.25) is 5.15 Å². The molecule has 2 aromatic heterocycles. The molecule has 0 aliphatic carbocycles. The van der Waals surface area contributed by atoms with Gasteiger partial charge in [-0.3, -0.25) is 4.98 Å². The molecule has 2 rings (SSSR count). The van der Waals surface area contributed by atoms with Crippen molar-refractivity contribution in [3.63, 3.8) is 0 Å². The maximum absolute atomic E-state index is 11.4. The van der Waals surface area contributed by atoms with Crippen molar-refractivity contribution in [1.82, 2.24) is 9.97 Å². The number of carbonyl (C=O) groups is 1. The fourth-order valence-corrected chi connectivity index (χ4v) is 2.17. The van der Waals surface area contributed by atoms with Gasteiger partial charge in [0.15, 0.2) is 5.75 Å². The van der Waals surface area contributed by atoms with Gasteiger partial charge in [0.05, 0.1) is 19.3 Å². The molecule has 0 fully saturated rings. The van der Waals surface area contributed by atoms with Crippen LogP contribution >= 0.6 is 11.6 Å². The number of carboxylic acid groups (broad SMARTS) is 1. The number of aromatic nitrogens is 2. The largest absolute Gasteiger partial charge is 0.494 e. The van der Waals surface area contributed by atoms with E-state index in [0.29, 0.717) is 22.6 Å². The Labute approximate surface area is 126 Å². The summed E-state index contributed by atoms with van der Waals surface area (Å²) in [4.78, 5) is 19.4. The van der Waals surface area contributed by atoms with E-state index < -0.39 is 5.97 Å². The van der Waals surface area contributed by atoms with Crippen LogP contribution in [-0.4, -0.2) is 35.3 Å². The Morgan fingerprint density at radius 2 is 2.14 bits per heavy atom. The molecule has 0 bridgehead atoms. The Bertz CT molecular complexity index is 676. The number of hydrogen-bond donors (Lipinski definition) is 1. The van der Waals surface area contributed by atoms with Crippen LogP contribution < -0.4 is 4.74 Å². The monoisotopic (exact) mass is 308 g/mol. The maximum atomic E-state index is 11.4. The van der Waals surface area contributed by atoms with Gasteiger partial charge in [0, 0.05) is 25.1 Å². The Kier molecular flexibility index (Phi) is 4.72. The summed E-state index contributed by atoms with van der Waals surface area (Å²) in [6.07, 6.45) is 2.78. The number of aromatic carboxylic acids is 1. The molecule has 0 aromatic carbocycles. The van der Waals surface area contributed by atoms with Crippen molar-refractivity contribution in [2.45, 2.75) is 6.61 Å². The van der Waals surface area contributed by atoms with Crippen LogP contribution in [0, 0.1) is 0 Å². The van der Waals surface area contributed by atoms with Gasteiger partial charge in [-0.25, -0.2) is 9.78 Å². The molecule has 0 aliphatic rings. The minimum Gasteiger partial charge on any atom is -0.494 e. The lowest BCUT2D eigenvalue weighted by Crippen LogP contribution is -2.07. The smallest absolute Gasteiger partial charge is 0.338 e. The molecular weight excluding hydrogens is 296 g/mol. The van der Waals surface area contributed by atoms with Crippen LogP contribution in [0.3, 0.4) is 0 Å². The number of nitrogens with zero attached hydrogens (tertiary/aromatic N) is 2. The summed E-state index contributed by atoms with van der Waals surface area (Å²) in [6.45, 7) is 0.203. The van der Waals surface area contributed by atoms with Crippen molar-refractivity contribution in [3.05, 3.63) is 40.9 Å². The molecule has 0 spiro atoms. The van der Waals surface area contributed by atoms with Gasteiger partial charge in [0.1, 0.15) is 10.8 Å². The molecule has 2 heterocycles. The Morgan fingerprint density at radius 3 is 2.71 bits per heavy atom.